The zero-order valence-corrected chi connectivity index (χ0v) is 18.5. The summed E-state index contributed by atoms with van der Waals surface area (Å²) < 4.78 is 2.03. The summed E-state index contributed by atoms with van der Waals surface area (Å²) in [7, 11) is 0. The summed E-state index contributed by atoms with van der Waals surface area (Å²) in [5, 5.41) is 6.61. The summed E-state index contributed by atoms with van der Waals surface area (Å²) in [6.07, 6.45) is 10.2. The van der Waals surface area contributed by atoms with Crippen LogP contribution in [0.3, 0.4) is 0 Å². The van der Waals surface area contributed by atoms with Crippen molar-refractivity contribution >= 4 is 17.4 Å². The Balaban J connectivity index is 1.19. The number of aromatic nitrogens is 2. The quantitative estimate of drug-likeness (QED) is 0.589. The Morgan fingerprint density at radius 3 is 2.88 bits per heavy atom. The highest BCUT2D eigenvalue weighted by molar-refractivity contribution is 5.96. The molecule has 1 fully saturated rings. The number of carbonyl (C=O) groups is 1. The number of likely N-dealkylation sites (tertiary alicyclic amines) is 1. The number of fused-ring (bicyclic) bond motifs is 1. The number of pyridine rings is 1. The molecule has 6 nitrogen and oxygen atoms in total. The number of hydrogen-bond donors (Lipinski definition) is 2. The summed E-state index contributed by atoms with van der Waals surface area (Å²) in [6, 6.07) is 16.3. The molecule has 2 N–H and O–H groups in total. The van der Waals surface area contributed by atoms with Crippen molar-refractivity contribution in [2.45, 2.75) is 44.6 Å². The van der Waals surface area contributed by atoms with Crippen LogP contribution in [0.15, 0.2) is 60.9 Å². The number of nitrogens with zero attached hydrogens (tertiary/aromatic N) is 3. The first-order valence-electron chi connectivity index (χ1n) is 11.8. The monoisotopic (exact) mass is 429 g/mol. The summed E-state index contributed by atoms with van der Waals surface area (Å²) in [6.45, 7) is 2.92. The van der Waals surface area contributed by atoms with Crippen LogP contribution >= 0.6 is 0 Å². The third kappa shape index (κ3) is 4.55. The molecule has 0 radical (unpaired) electrons. The summed E-state index contributed by atoms with van der Waals surface area (Å²) >= 11 is 0. The number of nitrogens with one attached hydrogen (secondary N) is 2. The zero-order valence-electron chi connectivity index (χ0n) is 18.5. The van der Waals surface area contributed by atoms with Gasteiger partial charge in [0.05, 0.1) is 17.4 Å². The van der Waals surface area contributed by atoms with Crippen molar-refractivity contribution in [3.8, 4) is 5.69 Å². The van der Waals surface area contributed by atoms with E-state index in [1.165, 1.54) is 12.0 Å². The van der Waals surface area contributed by atoms with E-state index < -0.39 is 0 Å². The molecule has 6 heteroatoms. The van der Waals surface area contributed by atoms with Crippen LogP contribution in [-0.4, -0.2) is 46.0 Å². The second kappa shape index (κ2) is 9.57. The molecular weight excluding hydrogens is 398 g/mol. The fourth-order valence-corrected chi connectivity index (χ4v) is 4.88. The van der Waals surface area contributed by atoms with Crippen LogP contribution in [0.2, 0.25) is 0 Å². The van der Waals surface area contributed by atoms with Crippen molar-refractivity contribution in [2.24, 2.45) is 0 Å². The minimum absolute atomic E-state index is 0.0640. The van der Waals surface area contributed by atoms with Crippen LogP contribution in [0.1, 0.15) is 36.9 Å². The molecular formula is C26H31N5O. The van der Waals surface area contributed by atoms with E-state index in [9.17, 15) is 4.79 Å². The Bertz CT molecular complexity index is 1060. The van der Waals surface area contributed by atoms with Crippen molar-refractivity contribution in [3.05, 3.63) is 72.2 Å². The van der Waals surface area contributed by atoms with Crippen LogP contribution in [0.4, 0.5) is 11.5 Å². The van der Waals surface area contributed by atoms with Gasteiger partial charge in [-0.1, -0.05) is 18.2 Å². The number of anilines is 2. The standard InChI is InChI=1S/C26H31N5O/c32-26(29-22-10-1-2-11-23(22)30-16-3-4-17-30)24-12-7-19-31(24)18-6-9-21-14-13-20-8-5-15-27-25(20)28-21/h1-4,10-11,13-14,16-17,24H,5-9,12,15,18-19H2,(H,27,28)(H,29,32)/t24-/m0/s1. The van der Waals surface area contributed by atoms with Crippen molar-refractivity contribution in [1.29, 1.82) is 0 Å². The highest BCUT2D eigenvalue weighted by Crippen LogP contribution is 2.24. The number of carbonyl (C=O) groups excluding carboxylic acids is 1. The number of benzene rings is 1. The fraction of sp³-hybridized carbons (Fsp3) is 0.385. The average molecular weight is 430 g/mol. The lowest BCUT2D eigenvalue weighted by molar-refractivity contribution is -0.120. The Labute approximate surface area is 189 Å². The molecule has 1 saturated heterocycles. The van der Waals surface area contributed by atoms with Gasteiger partial charge in [-0.2, -0.15) is 0 Å². The third-order valence-electron chi connectivity index (χ3n) is 6.54. The lowest BCUT2D eigenvalue weighted by Crippen LogP contribution is -2.40. The van der Waals surface area contributed by atoms with Gasteiger partial charge in [-0.15, -0.1) is 0 Å². The van der Waals surface area contributed by atoms with Gasteiger partial charge in [-0.3, -0.25) is 9.69 Å². The van der Waals surface area contributed by atoms with Gasteiger partial charge in [0.15, 0.2) is 0 Å². The van der Waals surface area contributed by atoms with Gasteiger partial charge >= 0.3 is 0 Å². The SMILES string of the molecule is O=C(Nc1ccccc1-n1cccc1)[C@@H]1CCCN1CCCc1ccc2c(n1)NCCC2. The zero-order chi connectivity index (χ0) is 21.8. The molecule has 1 aromatic carbocycles. The van der Waals surface area contributed by atoms with Crippen LogP contribution in [-0.2, 0) is 17.6 Å². The van der Waals surface area contributed by atoms with Crippen LogP contribution < -0.4 is 10.6 Å². The predicted octanol–water partition coefficient (Wildman–Crippen LogP) is 4.27. The van der Waals surface area contributed by atoms with E-state index in [2.05, 4.69) is 27.7 Å². The molecule has 4 heterocycles. The molecule has 166 valence electrons. The van der Waals surface area contributed by atoms with E-state index in [0.29, 0.717) is 0 Å². The van der Waals surface area contributed by atoms with Gasteiger partial charge < -0.3 is 15.2 Å². The van der Waals surface area contributed by atoms with E-state index in [0.717, 1.165) is 74.6 Å². The molecule has 32 heavy (non-hydrogen) atoms. The first-order chi connectivity index (χ1) is 15.8. The molecule has 0 spiro atoms. The number of amides is 1. The second-order valence-corrected chi connectivity index (χ2v) is 8.73. The minimum Gasteiger partial charge on any atom is -0.370 e. The number of para-hydroxylation sites is 2. The molecule has 2 aliphatic heterocycles. The van der Waals surface area contributed by atoms with Gasteiger partial charge in [-0.05, 0) is 87.5 Å². The topological polar surface area (TPSA) is 62.2 Å². The van der Waals surface area contributed by atoms with E-state index >= 15 is 0 Å². The molecule has 1 amide bonds. The maximum Gasteiger partial charge on any atom is 0.241 e. The highest BCUT2D eigenvalue weighted by Gasteiger charge is 2.30. The predicted molar refractivity (Wildman–Crippen MR) is 128 cm³/mol. The minimum atomic E-state index is -0.0640. The molecule has 1 atom stereocenters. The normalized spacial score (nSPS) is 18.2. The molecule has 2 aromatic heterocycles. The Hall–Kier alpha value is -3.12. The number of hydrogen-bond acceptors (Lipinski definition) is 4. The van der Waals surface area contributed by atoms with Crippen LogP contribution in [0, 0.1) is 0 Å². The molecule has 5 rings (SSSR count). The van der Waals surface area contributed by atoms with Crippen molar-refractivity contribution in [2.75, 3.05) is 30.3 Å². The summed E-state index contributed by atoms with van der Waals surface area (Å²) in [5.41, 5.74) is 4.31. The van der Waals surface area contributed by atoms with E-state index in [4.69, 9.17) is 4.98 Å². The van der Waals surface area contributed by atoms with Gasteiger partial charge in [0.1, 0.15) is 5.82 Å². The maximum absolute atomic E-state index is 13.2. The van der Waals surface area contributed by atoms with Gasteiger partial charge in [-0.25, -0.2) is 4.98 Å². The first kappa shape index (κ1) is 20.8. The molecule has 3 aromatic rings. The average Bonchev–Trinajstić information content (AvgIpc) is 3.52. The van der Waals surface area contributed by atoms with E-state index in [1.807, 2.05) is 53.4 Å². The van der Waals surface area contributed by atoms with Crippen molar-refractivity contribution in [3.63, 3.8) is 0 Å². The van der Waals surface area contributed by atoms with E-state index in [-0.39, 0.29) is 11.9 Å². The first-order valence-corrected chi connectivity index (χ1v) is 11.8. The largest absolute Gasteiger partial charge is 0.370 e. The van der Waals surface area contributed by atoms with E-state index in [1.54, 1.807) is 0 Å². The van der Waals surface area contributed by atoms with Gasteiger partial charge in [0, 0.05) is 24.6 Å². The molecule has 0 unspecified atom stereocenters. The summed E-state index contributed by atoms with van der Waals surface area (Å²) in [5.74, 6) is 1.16. The Kier molecular flexibility index (Phi) is 6.21. The fourth-order valence-electron chi connectivity index (χ4n) is 4.88. The van der Waals surface area contributed by atoms with Gasteiger partial charge in [0.2, 0.25) is 5.91 Å². The lowest BCUT2D eigenvalue weighted by atomic mass is 10.1. The van der Waals surface area contributed by atoms with Crippen LogP contribution in [0.25, 0.3) is 5.69 Å². The molecule has 2 aliphatic rings. The van der Waals surface area contributed by atoms with Gasteiger partial charge in [0.25, 0.3) is 0 Å². The smallest absolute Gasteiger partial charge is 0.241 e. The molecule has 0 bridgehead atoms. The summed E-state index contributed by atoms with van der Waals surface area (Å²) in [4.78, 5) is 20.3. The lowest BCUT2D eigenvalue weighted by Gasteiger charge is -2.24. The van der Waals surface area contributed by atoms with Crippen LogP contribution in [0.5, 0.6) is 0 Å². The van der Waals surface area contributed by atoms with Crippen molar-refractivity contribution < 1.29 is 4.79 Å². The third-order valence-corrected chi connectivity index (χ3v) is 6.54. The maximum atomic E-state index is 13.2. The second-order valence-electron chi connectivity index (χ2n) is 8.73. The van der Waals surface area contributed by atoms with Crippen molar-refractivity contribution in [1.82, 2.24) is 14.5 Å². The number of aryl methyl sites for hydroxylation is 2. The molecule has 0 saturated carbocycles. The Morgan fingerprint density at radius 2 is 1.97 bits per heavy atom. The highest BCUT2D eigenvalue weighted by atomic mass is 16.2. The Morgan fingerprint density at radius 1 is 1.09 bits per heavy atom. The number of rotatable bonds is 7. The molecule has 0 aliphatic carbocycles.